The second-order valence-electron chi connectivity index (χ2n) is 4.01. The van der Waals surface area contributed by atoms with Gasteiger partial charge >= 0.3 is 0 Å². The first-order chi connectivity index (χ1) is 9.14. The van der Waals surface area contributed by atoms with E-state index < -0.39 is 12.0 Å². The van der Waals surface area contributed by atoms with Crippen LogP contribution in [0, 0.1) is 11.3 Å². The highest BCUT2D eigenvalue weighted by Crippen LogP contribution is 2.43. The van der Waals surface area contributed by atoms with Crippen LogP contribution in [0.3, 0.4) is 0 Å². The predicted octanol–water partition coefficient (Wildman–Crippen LogP) is 2.09. The molecule has 2 unspecified atom stereocenters. The Hall–Kier alpha value is -1.93. The highest BCUT2D eigenvalue weighted by Gasteiger charge is 2.26. The molecule has 1 rings (SSSR count). The molecule has 0 heterocycles. The lowest BCUT2D eigenvalue weighted by Gasteiger charge is -2.20. The first-order valence-electron chi connectivity index (χ1n) is 6.01. The zero-order chi connectivity index (χ0) is 14.4. The minimum absolute atomic E-state index is 0.418. The SMILES string of the molecule is CCC(O)C(C#N)c1ccc(OC)c(OC)c1OC. The predicted molar refractivity (Wildman–Crippen MR) is 70.7 cm³/mol. The standard InChI is InChI=1S/C14H19NO4/c1-5-11(16)10(8-15)9-6-7-12(17-2)14(19-4)13(9)18-3/h6-7,10-11,16H,5H2,1-4H3. The average molecular weight is 265 g/mol. The molecule has 19 heavy (non-hydrogen) atoms. The number of nitriles is 1. The van der Waals surface area contributed by atoms with Gasteiger partial charge < -0.3 is 19.3 Å². The number of rotatable bonds is 6. The molecule has 5 heteroatoms. The topological polar surface area (TPSA) is 71.7 Å². The minimum atomic E-state index is -0.753. The molecule has 0 bridgehead atoms. The zero-order valence-corrected chi connectivity index (χ0v) is 11.6. The number of nitrogens with zero attached hydrogens (tertiary/aromatic N) is 1. The Bertz CT molecular complexity index is 467. The molecule has 0 saturated carbocycles. The summed E-state index contributed by atoms with van der Waals surface area (Å²) in [6.45, 7) is 1.82. The first kappa shape index (κ1) is 15.1. The van der Waals surface area contributed by atoms with E-state index >= 15 is 0 Å². The van der Waals surface area contributed by atoms with Gasteiger partial charge in [0, 0.05) is 5.56 Å². The van der Waals surface area contributed by atoms with E-state index in [1.165, 1.54) is 21.3 Å². The van der Waals surface area contributed by atoms with Gasteiger partial charge in [0.1, 0.15) is 5.92 Å². The largest absolute Gasteiger partial charge is 0.493 e. The lowest BCUT2D eigenvalue weighted by molar-refractivity contribution is 0.155. The molecular weight excluding hydrogens is 246 g/mol. The van der Waals surface area contributed by atoms with Gasteiger partial charge in [0.15, 0.2) is 11.5 Å². The van der Waals surface area contributed by atoms with Gasteiger partial charge in [-0.15, -0.1) is 0 Å². The Balaban J connectivity index is 3.39. The average Bonchev–Trinajstić information content (AvgIpc) is 2.46. The number of hydrogen-bond donors (Lipinski definition) is 1. The normalized spacial score (nSPS) is 13.3. The van der Waals surface area contributed by atoms with Crippen LogP contribution in [0.15, 0.2) is 12.1 Å². The summed E-state index contributed by atoms with van der Waals surface area (Å²) in [5, 5.41) is 19.2. The maximum atomic E-state index is 9.93. The molecule has 1 aromatic carbocycles. The second kappa shape index (κ2) is 6.86. The third kappa shape index (κ3) is 2.91. The van der Waals surface area contributed by atoms with Crippen molar-refractivity contribution in [2.24, 2.45) is 0 Å². The monoisotopic (exact) mass is 265 g/mol. The van der Waals surface area contributed by atoms with Crippen molar-refractivity contribution < 1.29 is 19.3 Å². The van der Waals surface area contributed by atoms with Crippen molar-refractivity contribution in [3.8, 4) is 23.3 Å². The van der Waals surface area contributed by atoms with Crippen LogP contribution in [0.25, 0.3) is 0 Å². The van der Waals surface area contributed by atoms with Crippen LogP contribution in [0.4, 0.5) is 0 Å². The second-order valence-corrected chi connectivity index (χ2v) is 4.01. The van der Waals surface area contributed by atoms with E-state index in [2.05, 4.69) is 6.07 Å². The van der Waals surface area contributed by atoms with Crippen molar-refractivity contribution in [2.75, 3.05) is 21.3 Å². The minimum Gasteiger partial charge on any atom is -0.493 e. The molecule has 0 spiro atoms. The summed E-state index contributed by atoms with van der Waals surface area (Å²) in [6, 6.07) is 5.52. The number of aliphatic hydroxyl groups is 1. The van der Waals surface area contributed by atoms with Gasteiger partial charge in [-0.1, -0.05) is 6.92 Å². The van der Waals surface area contributed by atoms with E-state index in [1.54, 1.807) is 12.1 Å². The Morgan fingerprint density at radius 2 is 1.79 bits per heavy atom. The summed E-state index contributed by atoms with van der Waals surface area (Å²) in [5.41, 5.74) is 0.594. The van der Waals surface area contributed by atoms with Crippen molar-refractivity contribution in [1.29, 1.82) is 5.26 Å². The fraction of sp³-hybridized carbons (Fsp3) is 0.500. The molecule has 0 aromatic heterocycles. The summed E-state index contributed by atoms with van der Waals surface area (Å²) < 4.78 is 15.8. The number of benzene rings is 1. The van der Waals surface area contributed by atoms with Gasteiger partial charge in [-0.25, -0.2) is 0 Å². The van der Waals surface area contributed by atoms with Crippen molar-refractivity contribution >= 4 is 0 Å². The molecule has 0 aliphatic heterocycles. The summed E-state index contributed by atoms with van der Waals surface area (Å²) >= 11 is 0. The summed E-state index contributed by atoms with van der Waals surface area (Å²) in [6.07, 6.45) is -0.271. The van der Waals surface area contributed by atoms with E-state index in [0.29, 0.717) is 29.2 Å². The molecule has 0 radical (unpaired) electrons. The van der Waals surface area contributed by atoms with E-state index in [4.69, 9.17) is 14.2 Å². The van der Waals surface area contributed by atoms with Crippen LogP contribution in [0.2, 0.25) is 0 Å². The van der Waals surface area contributed by atoms with Crippen molar-refractivity contribution in [2.45, 2.75) is 25.4 Å². The lowest BCUT2D eigenvalue weighted by atomic mass is 9.92. The van der Waals surface area contributed by atoms with Gasteiger partial charge in [-0.05, 0) is 18.6 Å². The molecule has 5 nitrogen and oxygen atoms in total. The van der Waals surface area contributed by atoms with E-state index in [-0.39, 0.29) is 0 Å². The maximum Gasteiger partial charge on any atom is 0.203 e. The summed E-state index contributed by atoms with van der Waals surface area (Å²) in [5.74, 6) is 0.692. The fourth-order valence-corrected chi connectivity index (χ4v) is 1.97. The highest BCUT2D eigenvalue weighted by molar-refractivity contribution is 5.57. The Morgan fingerprint density at radius 1 is 1.16 bits per heavy atom. The van der Waals surface area contributed by atoms with Crippen molar-refractivity contribution in [1.82, 2.24) is 0 Å². The molecule has 1 aromatic rings. The van der Waals surface area contributed by atoms with Gasteiger partial charge in [-0.2, -0.15) is 5.26 Å². The Morgan fingerprint density at radius 3 is 2.21 bits per heavy atom. The quantitative estimate of drug-likeness (QED) is 0.852. The third-order valence-corrected chi connectivity index (χ3v) is 3.01. The molecule has 2 atom stereocenters. The number of aliphatic hydroxyl groups excluding tert-OH is 1. The van der Waals surface area contributed by atoms with Crippen LogP contribution in [-0.4, -0.2) is 32.5 Å². The molecule has 104 valence electrons. The van der Waals surface area contributed by atoms with Crippen LogP contribution in [0.5, 0.6) is 17.2 Å². The van der Waals surface area contributed by atoms with Crippen LogP contribution in [0.1, 0.15) is 24.8 Å². The van der Waals surface area contributed by atoms with Gasteiger partial charge in [-0.3, -0.25) is 0 Å². The van der Waals surface area contributed by atoms with Crippen molar-refractivity contribution in [3.05, 3.63) is 17.7 Å². The maximum absolute atomic E-state index is 9.93. The number of hydrogen-bond acceptors (Lipinski definition) is 5. The molecule has 1 N–H and O–H groups in total. The van der Waals surface area contributed by atoms with E-state index in [1.807, 2.05) is 6.92 Å². The van der Waals surface area contributed by atoms with Gasteiger partial charge in [0.2, 0.25) is 5.75 Å². The number of ether oxygens (including phenoxy) is 3. The van der Waals surface area contributed by atoms with E-state index in [9.17, 15) is 10.4 Å². The molecular formula is C14H19NO4. The van der Waals surface area contributed by atoms with Crippen LogP contribution >= 0.6 is 0 Å². The molecule has 0 saturated heterocycles. The van der Waals surface area contributed by atoms with E-state index in [0.717, 1.165) is 0 Å². The van der Waals surface area contributed by atoms with Crippen molar-refractivity contribution in [3.63, 3.8) is 0 Å². The molecule has 0 fully saturated rings. The Kier molecular flexibility index (Phi) is 5.46. The highest BCUT2D eigenvalue weighted by atomic mass is 16.5. The van der Waals surface area contributed by atoms with Gasteiger partial charge in [0.25, 0.3) is 0 Å². The zero-order valence-electron chi connectivity index (χ0n) is 11.6. The summed E-state index contributed by atoms with van der Waals surface area (Å²) in [7, 11) is 4.52. The molecule has 0 aliphatic carbocycles. The summed E-state index contributed by atoms with van der Waals surface area (Å²) in [4.78, 5) is 0. The molecule has 0 aliphatic rings. The molecule has 0 amide bonds. The Labute approximate surface area is 113 Å². The fourth-order valence-electron chi connectivity index (χ4n) is 1.97. The van der Waals surface area contributed by atoms with Crippen LogP contribution in [-0.2, 0) is 0 Å². The van der Waals surface area contributed by atoms with Gasteiger partial charge in [0.05, 0.1) is 33.5 Å². The van der Waals surface area contributed by atoms with Crippen LogP contribution < -0.4 is 14.2 Å². The number of methoxy groups -OCH3 is 3. The smallest absolute Gasteiger partial charge is 0.203 e. The lowest BCUT2D eigenvalue weighted by Crippen LogP contribution is -2.17. The third-order valence-electron chi connectivity index (χ3n) is 3.01. The first-order valence-corrected chi connectivity index (χ1v) is 6.01.